The average molecular weight is 466 g/mol. The van der Waals surface area contributed by atoms with E-state index in [9.17, 15) is 9.59 Å². The summed E-state index contributed by atoms with van der Waals surface area (Å²) in [5, 5.41) is 6.27. The lowest BCUT2D eigenvalue weighted by atomic mass is 9.91. The van der Waals surface area contributed by atoms with Crippen LogP contribution >= 0.6 is 0 Å². The molecule has 0 saturated carbocycles. The zero-order chi connectivity index (χ0) is 24.7. The Bertz CT molecular complexity index is 1010. The number of hydrazone groups is 1. The summed E-state index contributed by atoms with van der Waals surface area (Å²) in [5.41, 5.74) is 2.55. The molecule has 0 N–H and O–H groups in total. The van der Waals surface area contributed by atoms with E-state index in [0.29, 0.717) is 26.0 Å². The number of rotatable bonds is 9. The molecular formula is C27H35N3O4. The third-order valence-corrected chi connectivity index (χ3v) is 5.68. The maximum atomic E-state index is 13.5. The summed E-state index contributed by atoms with van der Waals surface area (Å²) in [6, 6.07) is 17.3. The van der Waals surface area contributed by atoms with Gasteiger partial charge in [-0.25, -0.2) is 5.01 Å². The minimum Gasteiger partial charge on any atom is -0.497 e. The Kier molecular flexibility index (Phi) is 8.45. The summed E-state index contributed by atoms with van der Waals surface area (Å²) < 4.78 is 10.6. The van der Waals surface area contributed by atoms with Gasteiger partial charge >= 0.3 is 0 Å². The van der Waals surface area contributed by atoms with Crippen molar-refractivity contribution in [1.82, 2.24) is 9.91 Å². The van der Waals surface area contributed by atoms with E-state index >= 15 is 0 Å². The molecule has 182 valence electrons. The maximum Gasteiger partial charge on any atom is 0.262 e. The lowest BCUT2D eigenvalue weighted by Gasteiger charge is -2.29. The van der Waals surface area contributed by atoms with Crippen molar-refractivity contribution in [3.05, 3.63) is 65.7 Å². The van der Waals surface area contributed by atoms with Crippen molar-refractivity contribution < 1.29 is 19.1 Å². The van der Waals surface area contributed by atoms with Gasteiger partial charge in [-0.3, -0.25) is 9.59 Å². The van der Waals surface area contributed by atoms with Gasteiger partial charge in [0, 0.05) is 32.1 Å². The smallest absolute Gasteiger partial charge is 0.262 e. The third-order valence-electron chi connectivity index (χ3n) is 5.68. The van der Waals surface area contributed by atoms with Crippen molar-refractivity contribution >= 4 is 17.5 Å². The van der Waals surface area contributed by atoms with Crippen LogP contribution in [0.5, 0.6) is 5.75 Å². The zero-order valence-corrected chi connectivity index (χ0v) is 20.8. The summed E-state index contributed by atoms with van der Waals surface area (Å²) in [5.74, 6) is 0.454. The van der Waals surface area contributed by atoms with Crippen LogP contribution in [0.4, 0.5) is 0 Å². The molecule has 1 aliphatic rings. The molecular weight excluding hydrogens is 430 g/mol. The van der Waals surface area contributed by atoms with Crippen molar-refractivity contribution in [2.45, 2.75) is 39.7 Å². The van der Waals surface area contributed by atoms with Crippen LogP contribution in [0.15, 0.2) is 59.7 Å². The van der Waals surface area contributed by atoms with Crippen molar-refractivity contribution in [3.63, 3.8) is 0 Å². The quantitative estimate of drug-likeness (QED) is 0.554. The second kappa shape index (κ2) is 11.3. The van der Waals surface area contributed by atoms with Gasteiger partial charge < -0.3 is 14.4 Å². The van der Waals surface area contributed by atoms with E-state index in [-0.39, 0.29) is 29.8 Å². The number of ether oxygens (including phenoxy) is 2. The third kappa shape index (κ3) is 6.67. The topological polar surface area (TPSA) is 71.4 Å². The maximum absolute atomic E-state index is 13.5. The Hall–Kier alpha value is -3.19. The molecule has 0 aromatic heterocycles. The predicted molar refractivity (Wildman–Crippen MR) is 133 cm³/mol. The molecule has 0 aliphatic carbocycles. The van der Waals surface area contributed by atoms with Crippen LogP contribution in [0.25, 0.3) is 0 Å². The summed E-state index contributed by atoms with van der Waals surface area (Å²) in [6.45, 7) is 6.71. The second-order valence-electron chi connectivity index (χ2n) is 9.69. The van der Waals surface area contributed by atoms with Crippen LogP contribution in [0.3, 0.4) is 0 Å². The fourth-order valence-electron chi connectivity index (χ4n) is 3.95. The summed E-state index contributed by atoms with van der Waals surface area (Å²) in [4.78, 5) is 28.1. The molecule has 0 unspecified atom stereocenters. The number of carbonyl (C=O) groups excluding carboxylic acids is 2. The van der Waals surface area contributed by atoms with E-state index in [0.717, 1.165) is 22.6 Å². The van der Waals surface area contributed by atoms with Gasteiger partial charge in [0.2, 0.25) is 5.91 Å². The highest BCUT2D eigenvalue weighted by atomic mass is 16.5. The molecule has 1 heterocycles. The average Bonchev–Trinajstić information content (AvgIpc) is 3.27. The van der Waals surface area contributed by atoms with Gasteiger partial charge in [0.05, 0.1) is 25.5 Å². The van der Waals surface area contributed by atoms with Gasteiger partial charge in [0.1, 0.15) is 12.3 Å². The monoisotopic (exact) mass is 465 g/mol. The Morgan fingerprint density at radius 1 is 1.09 bits per heavy atom. The molecule has 2 aromatic carbocycles. The van der Waals surface area contributed by atoms with E-state index in [1.807, 2.05) is 75.4 Å². The van der Waals surface area contributed by atoms with E-state index in [1.54, 1.807) is 19.1 Å². The molecule has 7 heteroatoms. The van der Waals surface area contributed by atoms with E-state index in [2.05, 4.69) is 0 Å². The van der Waals surface area contributed by atoms with Gasteiger partial charge in [-0.1, -0.05) is 63.2 Å². The fraction of sp³-hybridized carbons (Fsp3) is 0.444. The Labute approximate surface area is 202 Å². The molecule has 1 aliphatic heterocycles. The molecule has 3 rings (SSSR count). The van der Waals surface area contributed by atoms with Crippen LogP contribution in [0.2, 0.25) is 0 Å². The largest absolute Gasteiger partial charge is 0.497 e. The SMILES string of the molecule is COCCN(CC(=O)N1N=C(c2cccc(OC)c2)C[C@H]1c1ccccc1)C(=O)CC(C)(C)C. The van der Waals surface area contributed by atoms with E-state index in [1.165, 1.54) is 5.01 Å². The van der Waals surface area contributed by atoms with E-state index < -0.39 is 0 Å². The second-order valence-corrected chi connectivity index (χ2v) is 9.69. The first-order valence-electron chi connectivity index (χ1n) is 11.6. The fourth-order valence-corrected chi connectivity index (χ4v) is 3.95. The molecule has 0 fully saturated rings. The molecule has 0 saturated heterocycles. The van der Waals surface area contributed by atoms with Crippen LogP contribution < -0.4 is 4.74 Å². The van der Waals surface area contributed by atoms with Gasteiger partial charge in [-0.05, 0) is 23.1 Å². The number of hydrogen-bond donors (Lipinski definition) is 0. The molecule has 0 radical (unpaired) electrons. The highest BCUT2D eigenvalue weighted by Gasteiger charge is 2.34. The summed E-state index contributed by atoms with van der Waals surface area (Å²) >= 11 is 0. The molecule has 34 heavy (non-hydrogen) atoms. The van der Waals surface area contributed by atoms with E-state index in [4.69, 9.17) is 14.6 Å². The normalized spacial score (nSPS) is 15.7. The van der Waals surface area contributed by atoms with Gasteiger partial charge in [0.15, 0.2) is 0 Å². The highest BCUT2D eigenvalue weighted by molar-refractivity contribution is 6.03. The molecule has 1 atom stereocenters. The van der Waals surface area contributed by atoms with Gasteiger partial charge in [-0.2, -0.15) is 5.10 Å². The molecule has 7 nitrogen and oxygen atoms in total. The Morgan fingerprint density at radius 2 is 1.82 bits per heavy atom. The number of hydrogen-bond acceptors (Lipinski definition) is 5. The Balaban J connectivity index is 1.88. The lowest BCUT2D eigenvalue weighted by molar-refractivity contribution is -0.143. The molecule has 0 spiro atoms. The number of benzene rings is 2. The van der Waals surface area contributed by atoms with Crippen LogP contribution in [-0.4, -0.2) is 61.4 Å². The number of carbonyl (C=O) groups is 2. The van der Waals surface area contributed by atoms with Crippen molar-refractivity contribution in [2.24, 2.45) is 10.5 Å². The van der Waals surface area contributed by atoms with Gasteiger partial charge in [-0.15, -0.1) is 0 Å². The standard InChI is InChI=1S/C27H35N3O4/c1-27(2,3)18-25(31)29(14-15-33-4)19-26(32)30-24(20-10-7-6-8-11-20)17-23(28-30)21-12-9-13-22(16-21)34-5/h6-13,16,24H,14-15,17-19H2,1-5H3/t24-/m0/s1. The highest BCUT2D eigenvalue weighted by Crippen LogP contribution is 2.33. The zero-order valence-electron chi connectivity index (χ0n) is 20.8. The van der Waals surface area contributed by atoms with Crippen molar-refractivity contribution in [1.29, 1.82) is 0 Å². The first-order chi connectivity index (χ1) is 16.2. The minimum atomic E-state index is -0.239. The Morgan fingerprint density at radius 3 is 2.47 bits per heavy atom. The summed E-state index contributed by atoms with van der Waals surface area (Å²) in [7, 11) is 3.21. The minimum absolute atomic E-state index is 0.0451. The predicted octanol–water partition coefficient (Wildman–Crippen LogP) is 4.28. The summed E-state index contributed by atoms with van der Waals surface area (Å²) in [6.07, 6.45) is 0.932. The molecule has 0 bridgehead atoms. The van der Waals surface area contributed by atoms with Crippen LogP contribution in [-0.2, 0) is 14.3 Å². The first-order valence-corrected chi connectivity index (χ1v) is 11.6. The van der Waals surface area contributed by atoms with Crippen molar-refractivity contribution in [2.75, 3.05) is 33.9 Å². The number of nitrogens with zero attached hydrogens (tertiary/aromatic N) is 3. The number of amides is 2. The molecule has 2 amide bonds. The lowest BCUT2D eigenvalue weighted by Crippen LogP contribution is -2.43. The van der Waals surface area contributed by atoms with Gasteiger partial charge in [0.25, 0.3) is 5.91 Å². The van der Waals surface area contributed by atoms with Crippen LogP contribution in [0, 0.1) is 5.41 Å². The first kappa shape index (κ1) is 25.4. The number of methoxy groups -OCH3 is 2. The van der Waals surface area contributed by atoms with Crippen LogP contribution in [0.1, 0.15) is 50.8 Å². The van der Waals surface area contributed by atoms with Crippen molar-refractivity contribution in [3.8, 4) is 5.75 Å². The molecule has 2 aromatic rings.